The number of esters is 2. The van der Waals surface area contributed by atoms with Crippen molar-refractivity contribution >= 4 is 17.7 Å². The highest BCUT2D eigenvalue weighted by Gasteiger charge is 2.45. The third kappa shape index (κ3) is 3.17. The van der Waals surface area contributed by atoms with E-state index in [4.69, 9.17) is 5.73 Å². The third-order valence-corrected chi connectivity index (χ3v) is 2.64. The smallest absolute Gasteiger partial charge is 0.334 e. The number of ketones is 1. The normalized spacial score (nSPS) is 13.2. The second-order valence-corrected chi connectivity index (χ2v) is 3.91. The number of nitrogens with two attached hydrogens (primary N) is 1. The van der Waals surface area contributed by atoms with Gasteiger partial charge in [0.2, 0.25) is 0 Å². The maximum absolute atomic E-state index is 12.3. The highest BCUT2D eigenvalue weighted by atomic mass is 16.5. The van der Waals surface area contributed by atoms with Crippen LogP contribution in [0, 0.1) is 0 Å². The number of benzene rings is 1. The lowest BCUT2D eigenvalue weighted by molar-refractivity contribution is -0.151. The van der Waals surface area contributed by atoms with Gasteiger partial charge in [0.1, 0.15) is 0 Å². The Hall–Kier alpha value is -2.21. The van der Waals surface area contributed by atoms with Crippen molar-refractivity contribution in [1.29, 1.82) is 0 Å². The summed E-state index contributed by atoms with van der Waals surface area (Å²) in [6.07, 6.45) is -0.579. The fraction of sp³-hybridized carbons (Fsp3) is 0.308. The van der Waals surface area contributed by atoms with Crippen LogP contribution in [0.25, 0.3) is 0 Å². The fourth-order valence-electron chi connectivity index (χ4n) is 1.57. The third-order valence-electron chi connectivity index (χ3n) is 2.64. The molecule has 0 heterocycles. The van der Waals surface area contributed by atoms with Crippen LogP contribution in [-0.4, -0.2) is 37.5 Å². The van der Waals surface area contributed by atoms with Crippen LogP contribution in [-0.2, 0) is 19.1 Å². The van der Waals surface area contributed by atoms with Crippen LogP contribution in [0.3, 0.4) is 0 Å². The van der Waals surface area contributed by atoms with Crippen molar-refractivity contribution in [3.8, 4) is 0 Å². The lowest BCUT2D eigenvalue weighted by Gasteiger charge is -2.23. The molecule has 0 radical (unpaired) electrons. The zero-order chi connectivity index (χ0) is 14.5. The number of carbonyl (C=O) groups excluding carboxylic acids is 3. The van der Waals surface area contributed by atoms with Gasteiger partial charge < -0.3 is 15.2 Å². The summed E-state index contributed by atoms with van der Waals surface area (Å²) in [6, 6.07) is 7.98. The Balaban J connectivity index is 3.14. The van der Waals surface area contributed by atoms with Crippen LogP contribution in [0.4, 0.5) is 0 Å². The van der Waals surface area contributed by atoms with E-state index in [1.54, 1.807) is 18.2 Å². The second-order valence-electron chi connectivity index (χ2n) is 3.91. The first-order chi connectivity index (χ1) is 8.95. The minimum Gasteiger partial charge on any atom is -0.469 e. The van der Waals surface area contributed by atoms with Gasteiger partial charge in [0, 0.05) is 5.56 Å². The van der Waals surface area contributed by atoms with Gasteiger partial charge in [-0.05, 0) is 0 Å². The number of hydrogen-bond acceptors (Lipinski definition) is 6. The van der Waals surface area contributed by atoms with Gasteiger partial charge in [0.05, 0.1) is 20.6 Å². The molecular formula is C13H15NO5. The molecule has 0 amide bonds. The van der Waals surface area contributed by atoms with Crippen molar-refractivity contribution < 1.29 is 23.9 Å². The maximum Gasteiger partial charge on any atom is 0.334 e. The molecule has 6 heteroatoms. The molecule has 19 heavy (non-hydrogen) atoms. The summed E-state index contributed by atoms with van der Waals surface area (Å²) in [4.78, 5) is 35.3. The van der Waals surface area contributed by atoms with Crippen LogP contribution < -0.4 is 5.73 Å². The van der Waals surface area contributed by atoms with Gasteiger partial charge in [-0.15, -0.1) is 0 Å². The van der Waals surface area contributed by atoms with E-state index in [1.807, 2.05) is 0 Å². The summed E-state index contributed by atoms with van der Waals surface area (Å²) >= 11 is 0. The monoisotopic (exact) mass is 265 g/mol. The number of ether oxygens (including phenoxy) is 2. The molecule has 1 aromatic rings. The molecule has 0 spiro atoms. The van der Waals surface area contributed by atoms with Gasteiger partial charge in [-0.1, -0.05) is 30.3 Å². The lowest BCUT2D eigenvalue weighted by atomic mass is 9.87. The van der Waals surface area contributed by atoms with Crippen molar-refractivity contribution in [2.24, 2.45) is 5.73 Å². The summed E-state index contributed by atoms with van der Waals surface area (Å²) in [5, 5.41) is 0. The Labute approximate surface area is 110 Å². The molecule has 0 saturated carbocycles. The molecule has 0 aromatic heterocycles. The predicted molar refractivity (Wildman–Crippen MR) is 66.3 cm³/mol. The first kappa shape index (κ1) is 14.8. The molecule has 1 aromatic carbocycles. The van der Waals surface area contributed by atoms with Gasteiger partial charge >= 0.3 is 11.9 Å². The summed E-state index contributed by atoms with van der Waals surface area (Å²) in [5.41, 5.74) is 3.92. The van der Waals surface area contributed by atoms with Crippen LogP contribution in [0.5, 0.6) is 0 Å². The van der Waals surface area contributed by atoms with Gasteiger partial charge in [-0.25, -0.2) is 4.79 Å². The van der Waals surface area contributed by atoms with E-state index in [2.05, 4.69) is 9.47 Å². The van der Waals surface area contributed by atoms with E-state index in [0.29, 0.717) is 0 Å². The highest BCUT2D eigenvalue weighted by molar-refractivity contribution is 6.17. The molecule has 0 fully saturated rings. The Kier molecular flexibility index (Phi) is 4.77. The van der Waals surface area contributed by atoms with E-state index < -0.39 is 29.7 Å². The van der Waals surface area contributed by atoms with E-state index >= 15 is 0 Å². The van der Waals surface area contributed by atoms with Crippen molar-refractivity contribution in [3.05, 3.63) is 35.9 Å². The largest absolute Gasteiger partial charge is 0.469 e. The number of rotatable bonds is 5. The predicted octanol–water partition coefficient (Wildman–Crippen LogP) is 0.303. The zero-order valence-electron chi connectivity index (χ0n) is 10.7. The van der Waals surface area contributed by atoms with Crippen LogP contribution in [0.15, 0.2) is 30.3 Å². The highest BCUT2D eigenvalue weighted by Crippen LogP contribution is 2.17. The van der Waals surface area contributed by atoms with E-state index in [0.717, 1.165) is 14.2 Å². The van der Waals surface area contributed by atoms with E-state index in [1.165, 1.54) is 12.1 Å². The standard InChI is InChI=1S/C13H15NO5/c1-18-10(15)8-13(14,12(17)19-2)11(16)9-6-4-3-5-7-9/h3-7H,8,14H2,1-2H3/t13-/m0/s1. The van der Waals surface area contributed by atoms with Crippen LogP contribution in [0.1, 0.15) is 16.8 Å². The van der Waals surface area contributed by atoms with Crippen molar-refractivity contribution in [2.45, 2.75) is 12.0 Å². The minimum absolute atomic E-state index is 0.222. The van der Waals surface area contributed by atoms with Crippen molar-refractivity contribution in [1.82, 2.24) is 0 Å². The summed E-state index contributed by atoms with van der Waals surface area (Å²) < 4.78 is 8.96. The fourth-order valence-corrected chi connectivity index (χ4v) is 1.57. The van der Waals surface area contributed by atoms with Crippen molar-refractivity contribution in [2.75, 3.05) is 14.2 Å². The van der Waals surface area contributed by atoms with E-state index in [-0.39, 0.29) is 5.56 Å². The Morgan fingerprint density at radius 1 is 1.11 bits per heavy atom. The quantitative estimate of drug-likeness (QED) is 0.467. The molecule has 1 atom stereocenters. The number of hydrogen-bond donors (Lipinski definition) is 1. The Morgan fingerprint density at radius 3 is 2.16 bits per heavy atom. The summed E-state index contributed by atoms with van der Waals surface area (Å²) in [5.74, 6) is -2.44. The maximum atomic E-state index is 12.3. The first-order valence-corrected chi connectivity index (χ1v) is 5.49. The second kappa shape index (κ2) is 6.10. The molecule has 0 saturated heterocycles. The molecule has 6 nitrogen and oxygen atoms in total. The van der Waals surface area contributed by atoms with Crippen molar-refractivity contribution in [3.63, 3.8) is 0 Å². The van der Waals surface area contributed by atoms with Gasteiger partial charge in [0.25, 0.3) is 0 Å². The average molecular weight is 265 g/mol. The van der Waals surface area contributed by atoms with Gasteiger partial charge in [0.15, 0.2) is 11.3 Å². The molecular weight excluding hydrogens is 250 g/mol. The molecule has 0 unspecified atom stereocenters. The summed E-state index contributed by atoms with van der Waals surface area (Å²) in [6.45, 7) is 0. The topological polar surface area (TPSA) is 95.7 Å². The molecule has 0 aliphatic heterocycles. The van der Waals surface area contributed by atoms with Crippen LogP contribution >= 0.6 is 0 Å². The summed E-state index contributed by atoms with van der Waals surface area (Å²) in [7, 11) is 2.24. The minimum atomic E-state index is -2.08. The van der Waals surface area contributed by atoms with Gasteiger partial charge in [-0.2, -0.15) is 0 Å². The number of methoxy groups -OCH3 is 2. The number of Topliss-reactive ketones (excluding diaryl/α,β-unsaturated/α-hetero) is 1. The van der Waals surface area contributed by atoms with E-state index in [9.17, 15) is 14.4 Å². The molecule has 0 bridgehead atoms. The van der Waals surface area contributed by atoms with Gasteiger partial charge in [-0.3, -0.25) is 9.59 Å². The first-order valence-electron chi connectivity index (χ1n) is 5.49. The average Bonchev–Trinajstić information content (AvgIpc) is 2.45. The molecule has 1 rings (SSSR count). The number of carbonyl (C=O) groups is 3. The zero-order valence-corrected chi connectivity index (χ0v) is 10.7. The molecule has 0 aliphatic carbocycles. The van der Waals surface area contributed by atoms with Crippen LogP contribution in [0.2, 0.25) is 0 Å². The molecule has 0 aliphatic rings. The molecule has 102 valence electrons. The molecule has 2 N–H and O–H groups in total. The Morgan fingerprint density at radius 2 is 1.68 bits per heavy atom. The Bertz CT molecular complexity index is 485. The lowest BCUT2D eigenvalue weighted by Crippen LogP contribution is -2.57. The SMILES string of the molecule is COC(=O)C[C@@](N)(C(=O)OC)C(=O)c1ccccc1.